The Labute approximate surface area is 326 Å². The van der Waals surface area contributed by atoms with Crippen LogP contribution >= 0.6 is 0 Å². The predicted molar refractivity (Wildman–Crippen MR) is 225 cm³/mol. The van der Waals surface area contributed by atoms with Crippen LogP contribution in [0.25, 0.3) is 0 Å². The molecule has 2 heteroatoms. The molecule has 2 atom stereocenters. The first kappa shape index (κ1) is 43.1. The largest absolute Gasteiger partial charge is 0.378 e. The lowest BCUT2D eigenvalue weighted by Gasteiger charge is -2.39. The fourth-order valence-corrected chi connectivity index (χ4v) is 12.5. The van der Waals surface area contributed by atoms with Crippen LogP contribution in [0.15, 0.2) is 0 Å². The van der Waals surface area contributed by atoms with E-state index in [4.69, 9.17) is 9.47 Å². The van der Waals surface area contributed by atoms with Crippen molar-refractivity contribution >= 4 is 0 Å². The van der Waals surface area contributed by atoms with Crippen molar-refractivity contribution in [2.45, 2.75) is 257 Å². The van der Waals surface area contributed by atoms with Crippen LogP contribution in [0.2, 0.25) is 0 Å². The summed E-state index contributed by atoms with van der Waals surface area (Å²) in [5, 5.41) is 0. The Kier molecular flexibility index (Phi) is 21.5. The van der Waals surface area contributed by atoms with E-state index in [1.165, 1.54) is 135 Å². The van der Waals surface area contributed by atoms with Crippen molar-refractivity contribution in [1.29, 1.82) is 0 Å². The summed E-state index contributed by atoms with van der Waals surface area (Å²) >= 11 is 0. The summed E-state index contributed by atoms with van der Waals surface area (Å²) in [7, 11) is 0. The normalized spacial score (nSPS) is 34.7. The number of hydrogen-bond acceptors (Lipinski definition) is 2. The quantitative estimate of drug-likeness (QED) is 0.0923. The summed E-state index contributed by atoms with van der Waals surface area (Å²) in [6.45, 7) is 6.65. The van der Waals surface area contributed by atoms with E-state index in [1.54, 1.807) is 96.3 Å². The van der Waals surface area contributed by atoms with Gasteiger partial charge in [0.1, 0.15) is 0 Å². The molecule has 5 aliphatic rings. The van der Waals surface area contributed by atoms with Gasteiger partial charge in [0.05, 0.1) is 12.2 Å². The molecule has 0 amide bonds. The van der Waals surface area contributed by atoms with Crippen LogP contribution < -0.4 is 0 Å². The fraction of sp³-hybridized carbons (Fsp3) is 1.00. The summed E-state index contributed by atoms with van der Waals surface area (Å²) in [5.74, 6) is 8.34. The van der Waals surface area contributed by atoms with Crippen LogP contribution in [0.4, 0.5) is 0 Å². The molecular weight excluding hydrogens is 633 g/mol. The van der Waals surface area contributed by atoms with Gasteiger partial charge >= 0.3 is 0 Å². The minimum atomic E-state index is 0.581. The van der Waals surface area contributed by atoms with Crippen LogP contribution in [-0.2, 0) is 9.47 Å². The molecule has 5 saturated carbocycles. The highest BCUT2D eigenvalue weighted by Gasteiger charge is 2.33. The molecule has 2 unspecified atom stereocenters. The van der Waals surface area contributed by atoms with Crippen molar-refractivity contribution < 1.29 is 9.47 Å². The Morgan fingerprint density at radius 1 is 0.327 bits per heavy atom. The van der Waals surface area contributed by atoms with Crippen molar-refractivity contribution in [2.24, 2.45) is 47.3 Å². The van der Waals surface area contributed by atoms with Crippen molar-refractivity contribution in [1.82, 2.24) is 0 Å². The van der Waals surface area contributed by atoms with Crippen molar-refractivity contribution in [2.75, 3.05) is 13.2 Å². The van der Waals surface area contributed by atoms with E-state index >= 15 is 0 Å². The summed E-state index contributed by atoms with van der Waals surface area (Å²) in [6.07, 6.45) is 53.7. The molecular formula is C50H92O2. The smallest absolute Gasteiger partial charge is 0.0575 e. The standard InChI is InChI=1S/C50H92O2/c1-3-5-7-9-11-13-38-51-49-34-30-47(31-35-49)45-26-22-41(23-27-45)18-20-43-16-15-17-44(40-43)21-19-42-24-28-46(29-25-42)48-32-36-50(37-33-48)52-39-14-12-10-8-6-4-2/h41-50H,3-40H2,1-2H3. The number of unbranched alkanes of at least 4 members (excludes halogenated alkanes) is 10. The first-order valence-electron chi connectivity index (χ1n) is 24.9. The van der Waals surface area contributed by atoms with Gasteiger partial charge in [-0.1, -0.05) is 149 Å². The van der Waals surface area contributed by atoms with Gasteiger partial charge in [-0.2, -0.15) is 0 Å². The number of ether oxygens (including phenoxy) is 2. The molecule has 5 aliphatic carbocycles. The van der Waals surface area contributed by atoms with E-state index in [9.17, 15) is 0 Å². The van der Waals surface area contributed by atoms with E-state index in [2.05, 4.69) is 13.8 Å². The summed E-state index contributed by atoms with van der Waals surface area (Å²) in [6, 6.07) is 0. The van der Waals surface area contributed by atoms with Gasteiger partial charge in [0.2, 0.25) is 0 Å². The number of hydrogen-bond donors (Lipinski definition) is 0. The Balaban J connectivity index is 0.848. The van der Waals surface area contributed by atoms with Gasteiger partial charge in [-0.3, -0.25) is 0 Å². The molecule has 2 nitrogen and oxygen atoms in total. The summed E-state index contributed by atoms with van der Waals surface area (Å²) in [5.41, 5.74) is 0. The van der Waals surface area contributed by atoms with Crippen molar-refractivity contribution in [3.05, 3.63) is 0 Å². The zero-order valence-corrected chi connectivity index (χ0v) is 35.5. The van der Waals surface area contributed by atoms with Gasteiger partial charge in [0.25, 0.3) is 0 Å². The van der Waals surface area contributed by atoms with E-state index in [0.717, 1.165) is 60.6 Å². The molecule has 304 valence electrons. The van der Waals surface area contributed by atoms with E-state index in [0.29, 0.717) is 12.2 Å². The lowest BCUT2D eigenvalue weighted by Crippen LogP contribution is -2.29. The second-order valence-corrected chi connectivity index (χ2v) is 20.0. The molecule has 0 aromatic rings. The maximum Gasteiger partial charge on any atom is 0.0575 e. The van der Waals surface area contributed by atoms with Crippen LogP contribution in [-0.4, -0.2) is 25.4 Å². The van der Waals surface area contributed by atoms with Gasteiger partial charge in [-0.15, -0.1) is 0 Å². The molecule has 0 N–H and O–H groups in total. The van der Waals surface area contributed by atoms with E-state index in [-0.39, 0.29) is 0 Å². The minimum absolute atomic E-state index is 0.581. The Hall–Kier alpha value is -0.0800. The lowest BCUT2D eigenvalue weighted by molar-refractivity contribution is 0.00517. The van der Waals surface area contributed by atoms with Gasteiger partial charge in [-0.25, -0.2) is 0 Å². The molecule has 5 fully saturated rings. The maximum atomic E-state index is 6.33. The molecule has 0 saturated heterocycles. The van der Waals surface area contributed by atoms with Gasteiger partial charge < -0.3 is 9.47 Å². The highest BCUT2D eigenvalue weighted by atomic mass is 16.5. The summed E-state index contributed by atoms with van der Waals surface area (Å²) in [4.78, 5) is 0. The van der Waals surface area contributed by atoms with E-state index in [1.807, 2.05) is 0 Å². The Morgan fingerprint density at radius 2 is 0.654 bits per heavy atom. The van der Waals surface area contributed by atoms with Gasteiger partial charge in [0.15, 0.2) is 0 Å². The van der Waals surface area contributed by atoms with Gasteiger partial charge in [-0.05, 0) is 144 Å². The Bertz CT molecular complexity index is 770. The molecule has 52 heavy (non-hydrogen) atoms. The molecule has 0 radical (unpaired) electrons. The molecule has 0 heterocycles. The molecule has 0 aliphatic heterocycles. The topological polar surface area (TPSA) is 18.5 Å². The first-order valence-corrected chi connectivity index (χ1v) is 24.9. The van der Waals surface area contributed by atoms with Gasteiger partial charge in [0, 0.05) is 13.2 Å². The third kappa shape index (κ3) is 16.2. The second-order valence-electron chi connectivity index (χ2n) is 20.0. The average molecular weight is 725 g/mol. The summed E-state index contributed by atoms with van der Waals surface area (Å²) < 4.78 is 12.7. The number of rotatable bonds is 24. The highest BCUT2D eigenvalue weighted by Crippen LogP contribution is 2.45. The third-order valence-electron chi connectivity index (χ3n) is 16.1. The van der Waals surface area contributed by atoms with Crippen LogP contribution in [0.1, 0.15) is 245 Å². The van der Waals surface area contributed by atoms with Crippen LogP contribution in [0.3, 0.4) is 0 Å². The fourth-order valence-electron chi connectivity index (χ4n) is 12.5. The molecule has 0 spiro atoms. The molecule has 0 bridgehead atoms. The van der Waals surface area contributed by atoms with E-state index < -0.39 is 0 Å². The lowest BCUT2D eigenvalue weighted by atomic mass is 9.68. The van der Waals surface area contributed by atoms with Crippen molar-refractivity contribution in [3.63, 3.8) is 0 Å². The average Bonchev–Trinajstić information content (AvgIpc) is 3.20. The molecule has 5 rings (SSSR count). The van der Waals surface area contributed by atoms with Crippen molar-refractivity contribution in [3.8, 4) is 0 Å². The molecule has 0 aromatic heterocycles. The molecule has 0 aromatic carbocycles. The zero-order chi connectivity index (χ0) is 36.1. The maximum absolute atomic E-state index is 6.33. The Morgan fingerprint density at radius 3 is 1.04 bits per heavy atom. The first-order chi connectivity index (χ1) is 25.7. The zero-order valence-electron chi connectivity index (χ0n) is 35.5. The van der Waals surface area contributed by atoms with Crippen LogP contribution in [0.5, 0.6) is 0 Å². The SMILES string of the molecule is CCCCCCCCOC1CCC(C2CCC(CCC3CCCC(CCC4CCC(C5CCC(OCCCCCCCC)CC5)CC4)C3)CC2)CC1. The predicted octanol–water partition coefficient (Wildman–Crippen LogP) is 15.8. The third-order valence-corrected chi connectivity index (χ3v) is 16.1. The monoisotopic (exact) mass is 725 g/mol. The second kappa shape index (κ2) is 26.0. The van der Waals surface area contributed by atoms with Crippen LogP contribution in [0, 0.1) is 47.3 Å². The minimum Gasteiger partial charge on any atom is -0.378 e. The highest BCUT2D eigenvalue weighted by molar-refractivity contribution is 4.85.